The Morgan fingerprint density at radius 2 is 1.75 bits per heavy atom. The molecule has 4 aliphatic rings. The van der Waals surface area contributed by atoms with Crippen LogP contribution in [0.25, 0.3) is 0 Å². The van der Waals surface area contributed by atoms with Gasteiger partial charge in [0.15, 0.2) is 28.8 Å². The zero-order valence-corrected chi connectivity index (χ0v) is 31.6. The molecule has 1 aliphatic carbocycles. The molecule has 0 saturated carbocycles. The number of fused-ring (bicyclic) bond motifs is 5. The van der Waals surface area contributed by atoms with E-state index in [2.05, 4.69) is 5.32 Å². The van der Waals surface area contributed by atoms with Crippen LogP contribution in [0.2, 0.25) is 5.02 Å². The smallest absolute Gasteiger partial charge is 0.250 e. The van der Waals surface area contributed by atoms with Crippen molar-refractivity contribution in [3.8, 4) is 28.7 Å². The van der Waals surface area contributed by atoms with Crippen LogP contribution in [0.1, 0.15) is 66.1 Å². The third-order valence-electron chi connectivity index (χ3n) is 11.3. The molecule has 3 aromatic rings. The van der Waals surface area contributed by atoms with Gasteiger partial charge in [0, 0.05) is 86.6 Å². The summed E-state index contributed by atoms with van der Waals surface area (Å²) in [7, 11) is 4.09. The predicted octanol–water partition coefficient (Wildman–Crippen LogP) is 4.29. The van der Waals surface area contributed by atoms with E-state index in [9.17, 15) is 34.2 Å². The maximum atomic E-state index is 14.4. The first-order chi connectivity index (χ1) is 26.3. The number of aromatic nitrogens is 1. The van der Waals surface area contributed by atoms with Crippen LogP contribution < -0.4 is 29.8 Å². The summed E-state index contributed by atoms with van der Waals surface area (Å²) in [5, 5.41) is 25.3. The number of methoxy groups -OCH3 is 3. The first-order valence-electron chi connectivity index (χ1n) is 18.1. The van der Waals surface area contributed by atoms with Crippen molar-refractivity contribution < 1.29 is 48.3 Å². The molecule has 2 bridgehead atoms. The van der Waals surface area contributed by atoms with Gasteiger partial charge in [-0.05, 0) is 36.1 Å². The van der Waals surface area contributed by atoms with Crippen molar-refractivity contribution in [2.45, 2.75) is 56.6 Å². The molecule has 15 heteroatoms. The molecule has 14 nitrogen and oxygen atoms in total. The molecular formula is C40H42ClN3O11. The monoisotopic (exact) mass is 775 g/mol. The van der Waals surface area contributed by atoms with E-state index in [0.717, 1.165) is 12.1 Å². The number of nitrogens with zero attached hydrogens (tertiary/aromatic N) is 2. The molecule has 4 heterocycles. The normalized spacial score (nSPS) is 23.1. The summed E-state index contributed by atoms with van der Waals surface area (Å²) in [6.07, 6.45) is 0.308. The maximum absolute atomic E-state index is 14.4. The summed E-state index contributed by atoms with van der Waals surface area (Å²) in [5.41, 5.74) is -1.12. The summed E-state index contributed by atoms with van der Waals surface area (Å²) < 4.78 is 24.3. The average molecular weight is 776 g/mol. The van der Waals surface area contributed by atoms with E-state index in [0.29, 0.717) is 25.2 Å². The standard InChI is InChI=1S/C40H42ClN3O11/c1-20-12-27(46)34(38(50)40(20)39(51)35-29(53-3)16-30(54-4)36(41)37(35)55-40)24(22-8-9-26(45)28(14-22)52-2)15-31(47)42-11-10-32(48)43-17-21-13-23(19-43)25-6-5-7-33(49)44(25)18-21/h5-9,14,16,20-21,23-24,45,50H,10-13,15,17-19H2,1-4H3,(H,42,47)/t20?,21-,23+,24?,40?/m1/s1. The Hall–Kier alpha value is -5.50. The molecule has 3 N–H and O–H groups in total. The molecule has 7 rings (SSSR count). The number of phenolic OH excluding ortho intramolecular Hbond substituents is 1. The number of benzene rings is 2. The highest BCUT2D eigenvalue weighted by atomic mass is 35.5. The zero-order valence-electron chi connectivity index (χ0n) is 30.8. The topological polar surface area (TPSA) is 183 Å². The first-order valence-corrected chi connectivity index (χ1v) is 18.5. The van der Waals surface area contributed by atoms with Gasteiger partial charge in [-0.15, -0.1) is 0 Å². The number of ether oxygens (including phenoxy) is 4. The van der Waals surface area contributed by atoms with Gasteiger partial charge in [0.1, 0.15) is 22.1 Å². The van der Waals surface area contributed by atoms with Crippen LogP contribution in [-0.4, -0.2) is 89.6 Å². The third-order valence-corrected chi connectivity index (χ3v) is 11.7. The lowest BCUT2D eigenvalue weighted by molar-refractivity contribution is -0.134. The summed E-state index contributed by atoms with van der Waals surface area (Å²) in [6, 6.07) is 10.9. The van der Waals surface area contributed by atoms with Crippen molar-refractivity contribution in [1.29, 1.82) is 0 Å². The average Bonchev–Trinajstić information content (AvgIpc) is 3.48. The number of rotatable bonds is 10. The number of hydrogen-bond acceptors (Lipinski definition) is 11. The number of pyridine rings is 1. The van der Waals surface area contributed by atoms with Gasteiger partial charge in [0.05, 0.1) is 21.3 Å². The molecule has 55 heavy (non-hydrogen) atoms. The van der Waals surface area contributed by atoms with Crippen LogP contribution in [0.5, 0.6) is 28.7 Å². The number of carbonyl (C=O) groups excluding carboxylic acids is 4. The minimum Gasteiger partial charge on any atom is -0.507 e. The van der Waals surface area contributed by atoms with Crippen LogP contribution >= 0.6 is 11.6 Å². The highest BCUT2D eigenvalue weighted by molar-refractivity contribution is 6.35. The fraction of sp³-hybridized carbons (Fsp3) is 0.425. The van der Waals surface area contributed by atoms with Gasteiger partial charge in [-0.1, -0.05) is 30.7 Å². The van der Waals surface area contributed by atoms with Gasteiger partial charge in [-0.25, -0.2) is 0 Å². The SMILES string of the molecule is COc1cc(C(CC(=O)NCCC(=O)N2C[C@H]3C[C@@H](C2)c2cccc(=O)n2C3)C2=C(O)C3(Oc4c(Cl)c(OC)cc(OC)c4C3=O)C(C)CC2=O)ccc1O. The van der Waals surface area contributed by atoms with E-state index in [-0.39, 0.29) is 94.0 Å². The van der Waals surface area contributed by atoms with E-state index >= 15 is 0 Å². The first kappa shape index (κ1) is 37.8. The van der Waals surface area contributed by atoms with Crippen molar-refractivity contribution in [3.05, 3.63) is 86.0 Å². The molecule has 290 valence electrons. The number of Topliss-reactive ketones (excluding diaryl/α,β-unsaturated/α-hetero) is 2. The number of carbonyl (C=O) groups is 4. The van der Waals surface area contributed by atoms with Crippen molar-refractivity contribution in [1.82, 2.24) is 14.8 Å². The molecule has 0 radical (unpaired) electrons. The Morgan fingerprint density at radius 1 is 1.00 bits per heavy atom. The lowest BCUT2D eigenvalue weighted by Crippen LogP contribution is -2.53. The minimum absolute atomic E-state index is 0.00213. The molecule has 1 aromatic heterocycles. The van der Waals surface area contributed by atoms with E-state index in [4.69, 9.17) is 30.5 Å². The number of halogens is 1. The summed E-state index contributed by atoms with van der Waals surface area (Å²) in [4.78, 5) is 69.6. The summed E-state index contributed by atoms with van der Waals surface area (Å²) in [6.45, 7) is 3.14. The Morgan fingerprint density at radius 3 is 2.47 bits per heavy atom. The molecule has 2 amide bonds. The predicted molar refractivity (Wildman–Crippen MR) is 198 cm³/mol. The van der Waals surface area contributed by atoms with Gasteiger partial charge >= 0.3 is 0 Å². The Balaban J connectivity index is 1.15. The lowest BCUT2D eigenvalue weighted by Gasteiger charge is -2.42. The molecule has 1 spiro atoms. The highest BCUT2D eigenvalue weighted by Gasteiger charge is 2.61. The fourth-order valence-corrected chi connectivity index (χ4v) is 8.93. The quantitative estimate of drug-likeness (QED) is 0.267. The molecular weight excluding hydrogens is 734 g/mol. The van der Waals surface area contributed by atoms with E-state index in [1.165, 1.54) is 45.6 Å². The number of nitrogens with one attached hydrogen (secondary N) is 1. The van der Waals surface area contributed by atoms with Gasteiger partial charge in [-0.2, -0.15) is 0 Å². The van der Waals surface area contributed by atoms with Gasteiger partial charge in [-0.3, -0.25) is 24.0 Å². The number of piperidine rings is 1. The van der Waals surface area contributed by atoms with Crippen LogP contribution in [0.15, 0.2) is 58.6 Å². The highest BCUT2D eigenvalue weighted by Crippen LogP contribution is 2.56. The van der Waals surface area contributed by atoms with Crippen molar-refractivity contribution in [2.24, 2.45) is 11.8 Å². The van der Waals surface area contributed by atoms with E-state index in [1.54, 1.807) is 28.5 Å². The van der Waals surface area contributed by atoms with Gasteiger partial charge in [0.25, 0.3) is 5.56 Å². The Kier molecular flexibility index (Phi) is 10.1. The maximum Gasteiger partial charge on any atom is 0.250 e. The lowest BCUT2D eigenvalue weighted by atomic mass is 9.69. The molecule has 5 atom stereocenters. The number of phenols is 1. The van der Waals surface area contributed by atoms with E-state index < -0.39 is 40.7 Å². The van der Waals surface area contributed by atoms with Crippen LogP contribution in [0, 0.1) is 11.8 Å². The third kappa shape index (κ3) is 6.35. The zero-order chi connectivity index (χ0) is 39.3. The minimum atomic E-state index is -2.09. The number of likely N-dealkylation sites (tertiary alicyclic amines) is 1. The van der Waals surface area contributed by atoms with Crippen molar-refractivity contribution in [2.75, 3.05) is 41.0 Å². The molecule has 1 fully saturated rings. The van der Waals surface area contributed by atoms with E-state index in [1.807, 2.05) is 6.07 Å². The molecule has 3 unspecified atom stereocenters. The second-order valence-corrected chi connectivity index (χ2v) is 14.9. The Bertz CT molecular complexity index is 2200. The number of amides is 2. The number of aromatic hydroxyl groups is 1. The number of aliphatic hydroxyl groups excluding tert-OH is 1. The number of aliphatic hydroxyl groups is 1. The van der Waals surface area contributed by atoms with Crippen LogP contribution in [0.3, 0.4) is 0 Å². The molecule has 3 aliphatic heterocycles. The summed E-state index contributed by atoms with van der Waals surface area (Å²) in [5.74, 6) is -4.29. The van der Waals surface area contributed by atoms with Gasteiger partial charge < -0.3 is 43.9 Å². The second kappa shape index (κ2) is 14.6. The summed E-state index contributed by atoms with van der Waals surface area (Å²) >= 11 is 6.61. The second-order valence-electron chi connectivity index (χ2n) is 14.5. The molecule has 1 saturated heterocycles. The van der Waals surface area contributed by atoms with Crippen molar-refractivity contribution in [3.63, 3.8) is 0 Å². The molecule has 2 aromatic carbocycles. The van der Waals surface area contributed by atoms with Crippen molar-refractivity contribution >= 4 is 35.0 Å². The number of hydrogen-bond donors (Lipinski definition) is 3. The van der Waals surface area contributed by atoms with Crippen LogP contribution in [-0.2, 0) is 20.9 Å². The Labute approximate surface area is 321 Å². The largest absolute Gasteiger partial charge is 0.507 e. The number of allylic oxidation sites excluding steroid dienone is 1. The van der Waals surface area contributed by atoms with Gasteiger partial charge in [0.2, 0.25) is 23.2 Å². The fourth-order valence-electron chi connectivity index (χ4n) is 8.66. The van der Waals surface area contributed by atoms with Crippen LogP contribution in [0.4, 0.5) is 0 Å². The number of ketones is 2.